The predicted molar refractivity (Wildman–Crippen MR) is 88.1 cm³/mol. The van der Waals surface area contributed by atoms with Gasteiger partial charge in [0.25, 0.3) is 5.91 Å². The average molecular weight is 337 g/mol. The highest BCUT2D eigenvalue weighted by Gasteiger charge is 2.29. The highest BCUT2D eigenvalue weighted by Crippen LogP contribution is 2.38. The number of hydrogen-bond donors (Lipinski definition) is 1. The fourth-order valence-electron chi connectivity index (χ4n) is 2.84. The van der Waals surface area contributed by atoms with E-state index in [0.717, 1.165) is 18.7 Å². The Kier molecular flexibility index (Phi) is 3.09. The van der Waals surface area contributed by atoms with Crippen molar-refractivity contribution >= 4 is 17.2 Å². The van der Waals surface area contributed by atoms with Crippen LogP contribution in [-0.2, 0) is 0 Å². The molecule has 1 N–H and O–H groups in total. The number of ether oxygens (including phenoxy) is 2. The highest BCUT2D eigenvalue weighted by molar-refractivity contribution is 6.03. The Morgan fingerprint density at radius 1 is 1.08 bits per heavy atom. The smallest absolute Gasteiger partial charge is 0.276 e. The van der Waals surface area contributed by atoms with E-state index in [1.807, 2.05) is 0 Å². The molecule has 0 saturated heterocycles. The first-order valence-electron chi connectivity index (χ1n) is 8.21. The van der Waals surface area contributed by atoms with Crippen LogP contribution in [0.1, 0.15) is 35.1 Å². The average Bonchev–Trinajstić information content (AvgIpc) is 3.40. The van der Waals surface area contributed by atoms with Crippen molar-refractivity contribution in [2.45, 2.75) is 18.8 Å². The molecule has 5 rings (SSSR count). The van der Waals surface area contributed by atoms with Gasteiger partial charge in [-0.05, 0) is 37.1 Å². The van der Waals surface area contributed by atoms with Crippen LogP contribution in [0, 0.1) is 0 Å². The van der Waals surface area contributed by atoms with Gasteiger partial charge < -0.3 is 14.8 Å². The molecule has 1 amide bonds. The third-order valence-corrected chi connectivity index (χ3v) is 4.26. The second kappa shape index (κ2) is 5.44. The molecule has 1 aliphatic carbocycles. The first-order valence-corrected chi connectivity index (χ1v) is 8.21. The van der Waals surface area contributed by atoms with Gasteiger partial charge in [-0.2, -0.15) is 9.61 Å². The van der Waals surface area contributed by atoms with Gasteiger partial charge >= 0.3 is 0 Å². The van der Waals surface area contributed by atoms with Crippen LogP contribution in [0.2, 0.25) is 0 Å². The van der Waals surface area contributed by atoms with Crippen LogP contribution in [0.4, 0.5) is 5.69 Å². The summed E-state index contributed by atoms with van der Waals surface area (Å²) < 4.78 is 12.7. The molecule has 1 aliphatic heterocycles. The van der Waals surface area contributed by atoms with E-state index in [9.17, 15) is 4.79 Å². The third kappa shape index (κ3) is 2.55. The van der Waals surface area contributed by atoms with Crippen molar-refractivity contribution in [3.05, 3.63) is 41.9 Å². The molecule has 0 atom stereocenters. The van der Waals surface area contributed by atoms with Gasteiger partial charge in [-0.1, -0.05) is 0 Å². The molecule has 3 heterocycles. The lowest BCUT2D eigenvalue weighted by Gasteiger charge is -2.18. The second-order valence-electron chi connectivity index (χ2n) is 6.13. The number of aromatic nitrogens is 4. The fourth-order valence-corrected chi connectivity index (χ4v) is 2.84. The number of nitrogens with one attached hydrogen (secondary N) is 1. The SMILES string of the molecule is O=C(Nc1ccc2c(c1)OCCO2)c1ccc2nnc(C3CC3)n2n1. The standard InChI is InChI=1S/C17H15N5O3/c23-17(18-11-3-5-13-14(9-11)25-8-7-24-13)12-4-6-15-19-20-16(10-1-2-10)22(15)21-12/h3-6,9-10H,1-2,7-8H2,(H,18,23). The minimum atomic E-state index is -0.297. The van der Waals surface area contributed by atoms with Crippen molar-refractivity contribution in [2.75, 3.05) is 18.5 Å². The maximum absolute atomic E-state index is 12.5. The summed E-state index contributed by atoms with van der Waals surface area (Å²) in [5.74, 6) is 2.24. The molecule has 0 bridgehead atoms. The van der Waals surface area contributed by atoms with Crippen molar-refractivity contribution in [1.82, 2.24) is 19.8 Å². The Balaban J connectivity index is 1.42. The zero-order chi connectivity index (χ0) is 16.8. The molecule has 3 aromatic rings. The predicted octanol–water partition coefficient (Wildman–Crippen LogP) is 2.03. The quantitative estimate of drug-likeness (QED) is 0.786. The van der Waals surface area contributed by atoms with Crippen molar-refractivity contribution < 1.29 is 14.3 Å². The Labute approximate surface area is 142 Å². The van der Waals surface area contributed by atoms with Crippen LogP contribution < -0.4 is 14.8 Å². The summed E-state index contributed by atoms with van der Waals surface area (Å²) in [6.07, 6.45) is 2.19. The summed E-state index contributed by atoms with van der Waals surface area (Å²) in [6.45, 7) is 1.03. The number of fused-ring (bicyclic) bond motifs is 2. The molecule has 0 radical (unpaired) electrons. The normalized spacial score (nSPS) is 16.0. The maximum Gasteiger partial charge on any atom is 0.276 e. The summed E-state index contributed by atoms with van der Waals surface area (Å²) in [4.78, 5) is 12.5. The number of anilines is 1. The molecule has 1 aromatic carbocycles. The van der Waals surface area contributed by atoms with Crippen LogP contribution in [0.15, 0.2) is 30.3 Å². The van der Waals surface area contributed by atoms with Crippen molar-refractivity contribution in [2.24, 2.45) is 0 Å². The molecule has 2 aliphatic rings. The van der Waals surface area contributed by atoms with Crippen LogP contribution in [-0.4, -0.2) is 38.9 Å². The van der Waals surface area contributed by atoms with Crippen molar-refractivity contribution in [1.29, 1.82) is 0 Å². The van der Waals surface area contributed by atoms with Gasteiger partial charge in [-0.15, -0.1) is 10.2 Å². The molecule has 1 fully saturated rings. The van der Waals surface area contributed by atoms with Gasteiger partial charge in [-0.25, -0.2) is 0 Å². The van der Waals surface area contributed by atoms with Gasteiger partial charge in [-0.3, -0.25) is 4.79 Å². The first kappa shape index (κ1) is 14.2. The summed E-state index contributed by atoms with van der Waals surface area (Å²) in [6, 6.07) is 8.71. The molecule has 25 heavy (non-hydrogen) atoms. The number of carbonyl (C=O) groups excluding carboxylic acids is 1. The van der Waals surface area contributed by atoms with E-state index in [-0.39, 0.29) is 5.91 Å². The Hall–Kier alpha value is -3.16. The molecular formula is C17H15N5O3. The lowest BCUT2D eigenvalue weighted by atomic mass is 10.2. The molecule has 0 spiro atoms. The van der Waals surface area contributed by atoms with Gasteiger partial charge in [0, 0.05) is 17.7 Å². The number of amides is 1. The molecule has 8 heteroatoms. The molecule has 1 saturated carbocycles. The van der Waals surface area contributed by atoms with Gasteiger partial charge in [0.1, 0.15) is 18.9 Å². The van der Waals surface area contributed by atoms with Crippen LogP contribution in [0.3, 0.4) is 0 Å². The Bertz CT molecular complexity index is 980. The number of nitrogens with zero attached hydrogens (tertiary/aromatic N) is 4. The van der Waals surface area contributed by atoms with E-state index in [1.165, 1.54) is 0 Å². The molecule has 126 valence electrons. The van der Waals surface area contributed by atoms with E-state index < -0.39 is 0 Å². The number of hydrogen-bond acceptors (Lipinski definition) is 6. The van der Waals surface area contributed by atoms with E-state index >= 15 is 0 Å². The lowest BCUT2D eigenvalue weighted by molar-refractivity contribution is 0.102. The Morgan fingerprint density at radius 2 is 1.92 bits per heavy atom. The van der Waals surface area contributed by atoms with E-state index in [2.05, 4.69) is 20.6 Å². The molecule has 0 unspecified atom stereocenters. The second-order valence-corrected chi connectivity index (χ2v) is 6.13. The van der Waals surface area contributed by atoms with Gasteiger partial charge in [0.2, 0.25) is 0 Å². The molecule has 8 nitrogen and oxygen atoms in total. The Morgan fingerprint density at radius 3 is 2.76 bits per heavy atom. The molecular weight excluding hydrogens is 322 g/mol. The zero-order valence-corrected chi connectivity index (χ0v) is 13.3. The fraction of sp³-hybridized carbons (Fsp3) is 0.294. The van der Waals surface area contributed by atoms with E-state index in [4.69, 9.17) is 9.47 Å². The van der Waals surface area contributed by atoms with E-state index in [1.54, 1.807) is 34.8 Å². The van der Waals surface area contributed by atoms with Crippen molar-refractivity contribution in [3.8, 4) is 11.5 Å². The van der Waals surface area contributed by atoms with Crippen molar-refractivity contribution in [3.63, 3.8) is 0 Å². The molecule has 2 aromatic heterocycles. The number of benzene rings is 1. The monoisotopic (exact) mass is 337 g/mol. The first-order chi connectivity index (χ1) is 12.3. The highest BCUT2D eigenvalue weighted by atomic mass is 16.6. The van der Waals surface area contributed by atoms with Crippen LogP contribution in [0.25, 0.3) is 5.65 Å². The number of rotatable bonds is 3. The van der Waals surface area contributed by atoms with Crippen LogP contribution >= 0.6 is 0 Å². The topological polar surface area (TPSA) is 90.6 Å². The number of carbonyl (C=O) groups is 1. The minimum absolute atomic E-state index is 0.297. The maximum atomic E-state index is 12.5. The summed E-state index contributed by atoms with van der Waals surface area (Å²) in [7, 11) is 0. The third-order valence-electron chi connectivity index (χ3n) is 4.26. The van der Waals surface area contributed by atoms with Gasteiger partial charge in [0.05, 0.1) is 0 Å². The summed E-state index contributed by atoms with van der Waals surface area (Å²) >= 11 is 0. The van der Waals surface area contributed by atoms with Crippen LogP contribution in [0.5, 0.6) is 11.5 Å². The van der Waals surface area contributed by atoms with Gasteiger partial charge in [0.15, 0.2) is 23.0 Å². The largest absolute Gasteiger partial charge is 0.486 e. The summed E-state index contributed by atoms with van der Waals surface area (Å²) in [5.41, 5.74) is 1.59. The lowest BCUT2D eigenvalue weighted by Crippen LogP contribution is -2.17. The zero-order valence-electron chi connectivity index (χ0n) is 13.3. The van der Waals surface area contributed by atoms with E-state index in [0.29, 0.717) is 47.7 Å². The minimum Gasteiger partial charge on any atom is -0.486 e. The summed E-state index contributed by atoms with van der Waals surface area (Å²) in [5, 5.41) is 15.5.